The summed E-state index contributed by atoms with van der Waals surface area (Å²) in [5.74, 6) is -0.212. The van der Waals surface area contributed by atoms with Crippen LogP contribution in [-0.2, 0) is 13.2 Å². The monoisotopic (exact) mass is 276 g/mol. The average Bonchev–Trinajstić information content (AvgIpc) is 2.42. The van der Waals surface area contributed by atoms with E-state index in [1.807, 2.05) is 0 Å². The Morgan fingerprint density at radius 1 is 1.30 bits per heavy atom. The highest BCUT2D eigenvalue weighted by molar-refractivity contribution is 5.52. The van der Waals surface area contributed by atoms with Gasteiger partial charge < -0.3 is 15.5 Å². The SMILES string of the molecule is Cc1cc(F)ccc1NCc1c(CO)cnc(C)c1O. The number of nitrogens with one attached hydrogen (secondary N) is 1. The van der Waals surface area contributed by atoms with E-state index in [9.17, 15) is 14.6 Å². The third kappa shape index (κ3) is 2.88. The van der Waals surface area contributed by atoms with Gasteiger partial charge in [-0.15, -0.1) is 0 Å². The molecular weight excluding hydrogens is 259 g/mol. The molecule has 3 N–H and O–H groups in total. The number of hydrogen-bond acceptors (Lipinski definition) is 4. The summed E-state index contributed by atoms with van der Waals surface area (Å²) in [6.45, 7) is 3.64. The molecule has 0 saturated carbocycles. The molecular formula is C15H17FN2O2. The molecule has 2 rings (SSSR count). The standard InChI is InChI=1S/C15H17FN2O2/c1-9-5-12(16)3-4-14(9)18-7-13-11(8-19)6-17-10(2)15(13)20/h3-6,18-20H,7-8H2,1-2H3. The first kappa shape index (κ1) is 14.3. The van der Waals surface area contributed by atoms with E-state index < -0.39 is 0 Å². The maximum atomic E-state index is 13.0. The van der Waals surface area contributed by atoms with Crippen molar-refractivity contribution >= 4 is 5.69 Å². The summed E-state index contributed by atoms with van der Waals surface area (Å²) in [4.78, 5) is 4.01. The molecule has 5 heteroatoms. The number of benzene rings is 1. The second-order valence-electron chi connectivity index (χ2n) is 4.67. The van der Waals surface area contributed by atoms with Gasteiger partial charge in [-0.1, -0.05) is 0 Å². The molecule has 20 heavy (non-hydrogen) atoms. The number of halogens is 1. The van der Waals surface area contributed by atoms with Crippen molar-refractivity contribution in [2.75, 3.05) is 5.32 Å². The van der Waals surface area contributed by atoms with Crippen LogP contribution in [0, 0.1) is 19.7 Å². The van der Waals surface area contributed by atoms with Gasteiger partial charge in [-0.05, 0) is 37.6 Å². The third-order valence-corrected chi connectivity index (χ3v) is 3.24. The van der Waals surface area contributed by atoms with Crippen LogP contribution < -0.4 is 5.32 Å². The zero-order valence-corrected chi connectivity index (χ0v) is 11.4. The minimum absolute atomic E-state index is 0.0730. The van der Waals surface area contributed by atoms with E-state index in [-0.39, 0.29) is 18.2 Å². The number of aliphatic hydroxyl groups excluding tert-OH is 1. The molecule has 0 aliphatic heterocycles. The van der Waals surface area contributed by atoms with Crippen LogP contribution in [0.5, 0.6) is 5.75 Å². The van der Waals surface area contributed by atoms with Gasteiger partial charge in [-0.2, -0.15) is 0 Å². The molecule has 1 aromatic carbocycles. The van der Waals surface area contributed by atoms with Crippen LogP contribution in [0.25, 0.3) is 0 Å². The second kappa shape index (κ2) is 5.88. The molecule has 106 valence electrons. The van der Waals surface area contributed by atoms with Crippen molar-refractivity contribution in [2.45, 2.75) is 27.0 Å². The first-order valence-corrected chi connectivity index (χ1v) is 6.30. The smallest absolute Gasteiger partial charge is 0.142 e. The summed E-state index contributed by atoms with van der Waals surface area (Å²) < 4.78 is 13.0. The summed E-state index contributed by atoms with van der Waals surface area (Å²) in [7, 11) is 0. The quantitative estimate of drug-likeness (QED) is 0.803. The van der Waals surface area contributed by atoms with Gasteiger partial charge in [0.1, 0.15) is 11.6 Å². The molecule has 0 unspecified atom stereocenters. The number of pyridine rings is 1. The van der Waals surface area contributed by atoms with E-state index in [1.54, 1.807) is 26.1 Å². The van der Waals surface area contributed by atoms with Gasteiger partial charge in [0, 0.05) is 29.6 Å². The normalized spacial score (nSPS) is 10.6. The van der Waals surface area contributed by atoms with Crippen LogP contribution >= 0.6 is 0 Å². The van der Waals surface area contributed by atoms with Gasteiger partial charge in [0.05, 0.1) is 12.3 Å². The van der Waals surface area contributed by atoms with E-state index in [1.165, 1.54) is 12.1 Å². The molecule has 4 nitrogen and oxygen atoms in total. The Morgan fingerprint density at radius 3 is 2.70 bits per heavy atom. The van der Waals surface area contributed by atoms with Crippen LogP contribution in [0.1, 0.15) is 22.4 Å². The molecule has 0 bridgehead atoms. The first-order chi connectivity index (χ1) is 9.52. The maximum Gasteiger partial charge on any atom is 0.142 e. The Morgan fingerprint density at radius 2 is 2.05 bits per heavy atom. The Hall–Kier alpha value is -2.14. The molecule has 2 aromatic rings. The van der Waals surface area contributed by atoms with Gasteiger partial charge in [-0.3, -0.25) is 4.98 Å². The molecule has 0 radical (unpaired) electrons. The van der Waals surface area contributed by atoms with Crippen molar-refractivity contribution in [2.24, 2.45) is 0 Å². The Bertz CT molecular complexity index is 630. The summed E-state index contributed by atoms with van der Waals surface area (Å²) >= 11 is 0. The summed E-state index contributed by atoms with van der Waals surface area (Å²) in [5, 5.41) is 22.5. The predicted molar refractivity (Wildman–Crippen MR) is 75.0 cm³/mol. The van der Waals surface area contributed by atoms with Crippen LogP contribution in [-0.4, -0.2) is 15.2 Å². The number of aryl methyl sites for hydroxylation is 2. The third-order valence-electron chi connectivity index (χ3n) is 3.24. The maximum absolute atomic E-state index is 13.0. The lowest BCUT2D eigenvalue weighted by molar-refractivity contribution is 0.279. The zero-order valence-electron chi connectivity index (χ0n) is 11.4. The molecule has 0 amide bonds. The number of rotatable bonds is 4. The van der Waals surface area contributed by atoms with Crippen LogP contribution in [0.2, 0.25) is 0 Å². The van der Waals surface area contributed by atoms with Gasteiger partial charge in [0.15, 0.2) is 0 Å². The fourth-order valence-electron chi connectivity index (χ4n) is 2.03. The number of aromatic hydroxyl groups is 1. The average molecular weight is 276 g/mol. The summed E-state index contributed by atoms with van der Waals surface area (Å²) in [5.41, 5.74) is 3.24. The Labute approximate surface area is 116 Å². The Balaban J connectivity index is 2.24. The van der Waals surface area contributed by atoms with Gasteiger partial charge in [0.2, 0.25) is 0 Å². The topological polar surface area (TPSA) is 65.4 Å². The van der Waals surface area contributed by atoms with Crippen molar-refractivity contribution in [3.63, 3.8) is 0 Å². The molecule has 0 spiro atoms. The van der Waals surface area contributed by atoms with Gasteiger partial charge >= 0.3 is 0 Å². The first-order valence-electron chi connectivity index (χ1n) is 6.30. The van der Waals surface area contributed by atoms with E-state index in [2.05, 4.69) is 10.3 Å². The summed E-state index contributed by atoms with van der Waals surface area (Å²) in [6.07, 6.45) is 1.55. The van der Waals surface area contributed by atoms with Crippen molar-refractivity contribution < 1.29 is 14.6 Å². The van der Waals surface area contributed by atoms with Crippen LogP contribution in [0.4, 0.5) is 10.1 Å². The van der Waals surface area contributed by atoms with Crippen LogP contribution in [0.3, 0.4) is 0 Å². The predicted octanol–water partition coefficient (Wildman–Crippen LogP) is 2.65. The van der Waals surface area contributed by atoms with E-state index in [0.29, 0.717) is 23.4 Å². The fraction of sp³-hybridized carbons (Fsp3) is 0.267. The lowest BCUT2D eigenvalue weighted by atomic mass is 10.1. The minimum atomic E-state index is -0.285. The molecule has 1 heterocycles. The number of nitrogens with zero attached hydrogens (tertiary/aromatic N) is 1. The second-order valence-corrected chi connectivity index (χ2v) is 4.67. The number of aromatic nitrogens is 1. The van der Waals surface area contributed by atoms with Crippen LogP contribution in [0.15, 0.2) is 24.4 Å². The van der Waals surface area contributed by atoms with Crippen molar-refractivity contribution in [1.29, 1.82) is 0 Å². The molecule has 0 aliphatic rings. The lowest BCUT2D eigenvalue weighted by Crippen LogP contribution is -2.06. The zero-order chi connectivity index (χ0) is 14.7. The van der Waals surface area contributed by atoms with E-state index in [4.69, 9.17) is 0 Å². The summed E-state index contributed by atoms with van der Waals surface area (Å²) in [6, 6.07) is 4.46. The van der Waals surface area contributed by atoms with Gasteiger partial charge in [-0.25, -0.2) is 4.39 Å². The highest BCUT2D eigenvalue weighted by Crippen LogP contribution is 2.25. The number of hydrogen-bond donors (Lipinski definition) is 3. The molecule has 0 atom stereocenters. The molecule has 0 fully saturated rings. The highest BCUT2D eigenvalue weighted by atomic mass is 19.1. The number of anilines is 1. The van der Waals surface area contributed by atoms with Crippen molar-refractivity contribution in [3.05, 3.63) is 52.6 Å². The Kier molecular flexibility index (Phi) is 4.20. The van der Waals surface area contributed by atoms with E-state index in [0.717, 1.165) is 11.3 Å². The van der Waals surface area contributed by atoms with Crippen molar-refractivity contribution in [1.82, 2.24) is 4.98 Å². The number of aliphatic hydroxyl groups is 1. The largest absolute Gasteiger partial charge is 0.506 e. The highest BCUT2D eigenvalue weighted by Gasteiger charge is 2.11. The molecule has 0 aliphatic carbocycles. The molecule has 1 aromatic heterocycles. The van der Waals surface area contributed by atoms with E-state index >= 15 is 0 Å². The minimum Gasteiger partial charge on any atom is -0.506 e. The lowest BCUT2D eigenvalue weighted by Gasteiger charge is -2.14. The fourth-order valence-corrected chi connectivity index (χ4v) is 2.03. The molecule has 0 saturated heterocycles. The van der Waals surface area contributed by atoms with Gasteiger partial charge in [0.25, 0.3) is 0 Å². The van der Waals surface area contributed by atoms with Crippen molar-refractivity contribution in [3.8, 4) is 5.75 Å².